The Morgan fingerprint density at radius 1 is 1.00 bits per heavy atom. The van der Waals surface area contributed by atoms with E-state index in [0.29, 0.717) is 21.6 Å². The number of carbonyl (C=O) groups excluding carboxylic acids is 2. The third kappa shape index (κ3) is 5.75. The lowest BCUT2D eigenvalue weighted by Crippen LogP contribution is -2.43. The molecule has 0 aliphatic rings. The molecule has 0 saturated carbocycles. The minimum absolute atomic E-state index is 0.00334. The van der Waals surface area contributed by atoms with Crippen molar-refractivity contribution in [2.24, 2.45) is 0 Å². The van der Waals surface area contributed by atoms with Gasteiger partial charge in [-0.05, 0) is 58.0 Å². The van der Waals surface area contributed by atoms with Crippen molar-refractivity contribution < 1.29 is 18.0 Å². The van der Waals surface area contributed by atoms with Crippen molar-refractivity contribution in [1.82, 2.24) is 9.47 Å². The molecule has 2 amide bonds. The van der Waals surface area contributed by atoms with Gasteiger partial charge >= 0.3 is 0 Å². The van der Waals surface area contributed by atoms with E-state index in [0.717, 1.165) is 0 Å². The zero-order valence-electron chi connectivity index (χ0n) is 19.1. The first-order chi connectivity index (χ1) is 15.5. The van der Waals surface area contributed by atoms with Crippen molar-refractivity contribution in [3.05, 3.63) is 59.8 Å². The molecule has 3 aromatic rings. The standard InChI is InChI=1S/C24H28ClN3O4S/c1-16(2)28(17(3)4)24(30)14-27-13-22(20-7-5-6-8-21(20)27)33(31,32)15-23(29)26-19-11-9-18(25)10-12-19/h5-13,16-17H,14-15H2,1-4H3,(H,26,29). The van der Waals surface area contributed by atoms with Crippen molar-refractivity contribution in [2.45, 2.75) is 51.2 Å². The summed E-state index contributed by atoms with van der Waals surface area (Å²) in [6, 6.07) is 13.4. The van der Waals surface area contributed by atoms with Crippen LogP contribution >= 0.6 is 11.6 Å². The maximum absolute atomic E-state index is 13.2. The summed E-state index contributed by atoms with van der Waals surface area (Å²) in [5, 5.41) is 3.57. The number of amides is 2. The van der Waals surface area contributed by atoms with E-state index in [1.807, 2.05) is 27.7 Å². The Morgan fingerprint density at radius 3 is 2.21 bits per heavy atom. The number of rotatable bonds is 8. The SMILES string of the molecule is CC(C)N(C(=O)Cn1cc(S(=O)(=O)CC(=O)Nc2ccc(Cl)cc2)c2ccccc21)C(C)C. The number of carbonyl (C=O) groups is 2. The third-order valence-electron chi connectivity index (χ3n) is 5.24. The second-order valence-electron chi connectivity index (χ2n) is 8.44. The fourth-order valence-corrected chi connectivity index (χ4v) is 5.47. The predicted octanol–water partition coefficient (Wildman–Crippen LogP) is 4.35. The van der Waals surface area contributed by atoms with Gasteiger partial charge in [0.2, 0.25) is 11.8 Å². The minimum atomic E-state index is -3.97. The molecule has 1 aromatic heterocycles. The van der Waals surface area contributed by atoms with Crippen LogP contribution in [0.5, 0.6) is 0 Å². The van der Waals surface area contributed by atoms with Crippen LogP contribution in [0.25, 0.3) is 10.9 Å². The monoisotopic (exact) mass is 489 g/mol. The van der Waals surface area contributed by atoms with Crippen LogP contribution in [0.3, 0.4) is 0 Å². The summed E-state index contributed by atoms with van der Waals surface area (Å²) in [7, 11) is -3.97. The molecule has 0 aliphatic carbocycles. The molecule has 0 spiro atoms. The molecule has 0 unspecified atom stereocenters. The molecular formula is C24H28ClN3O4S. The molecule has 0 aliphatic heterocycles. The summed E-state index contributed by atoms with van der Waals surface area (Å²) in [6.07, 6.45) is 1.45. The molecule has 2 aromatic carbocycles. The number of benzene rings is 2. The highest BCUT2D eigenvalue weighted by atomic mass is 35.5. The van der Waals surface area contributed by atoms with Crippen molar-refractivity contribution in [2.75, 3.05) is 11.1 Å². The maximum Gasteiger partial charge on any atom is 0.242 e. The molecule has 0 atom stereocenters. The summed E-state index contributed by atoms with van der Waals surface area (Å²) >= 11 is 5.84. The topological polar surface area (TPSA) is 88.5 Å². The van der Waals surface area contributed by atoms with Crippen LogP contribution in [0.1, 0.15) is 27.7 Å². The normalized spacial score (nSPS) is 11.8. The van der Waals surface area contributed by atoms with Crippen molar-refractivity contribution in [1.29, 1.82) is 0 Å². The van der Waals surface area contributed by atoms with Crippen LogP contribution in [-0.4, -0.2) is 47.5 Å². The van der Waals surface area contributed by atoms with Crippen LogP contribution in [0, 0.1) is 0 Å². The lowest BCUT2D eigenvalue weighted by molar-refractivity contribution is -0.135. The van der Waals surface area contributed by atoms with Gasteiger partial charge in [0.1, 0.15) is 12.3 Å². The van der Waals surface area contributed by atoms with Crippen molar-refractivity contribution >= 4 is 49.8 Å². The predicted molar refractivity (Wildman–Crippen MR) is 131 cm³/mol. The minimum Gasteiger partial charge on any atom is -0.337 e. The van der Waals surface area contributed by atoms with Crippen LogP contribution in [-0.2, 0) is 26.0 Å². The third-order valence-corrected chi connectivity index (χ3v) is 7.13. The molecule has 0 saturated heterocycles. The van der Waals surface area contributed by atoms with Crippen LogP contribution in [0.2, 0.25) is 5.02 Å². The molecule has 0 bridgehead atoms. The number of aromatic nitrogens is 1. The second-order valence-corrected chi connectivity index (χ2v) is 10.8. The fraction of sp³-hybridized carbons (Fsp3) is 0.333. The smallest absolute Gasteiger partial charge is 0.242 e. The van der Waals surface area contributed by atoms with Crippen molar-refractivity contribution in [3.63, 3.8) is 0 Å². The van der Waals surface area contributed by atoms with Crippen LogP contribution < -0.4 is 5.32 Å². The van der Waals surface area contributed by atoms with Gasteiger partial charge in [-0.15, -0.1) is 0 Å². The highest BCUT2D eigenvalue weighted by Crippen LogP contribution is 2.27. The maximum atomic E-state index is 13.2. The second kappa shape index (κ2) is 9.97. The quantitative estimate of drug-likeness (QED) is 0.509. The number of halogens is 1. The van der Waals surface area contributed by atoms with Gasteiger partial charge in [-0.25, -0.2) is 8.42 Å². The Kier molecular flexibility index (Phi) is 7.49. The molecule has 176 valence electrons. The summed E-state index contributed by atoms with van der Waals surface area (Å²) < 4.78 is 28.0. The van der Waals surface area contributed by atoms with Crippen LogP contribution in [0.15, 0.2) is 59.6 Å². The number of fused-ring (bicyclic) bond motifs is 1. The lowest BCUT2D eigenvalue weighted by Gasteiger charge is -2.31. The van der Waals surface area contributed by atoms with E-state index in [2.05, 4.69) is 5.32 Å². The van der Waals surface area contributed by atoms with Gasteiger partial charge in [0.05, 0.1) is 4.90 Å². The number of nitrogens with zero attached hydrogens (tertiary/aromatic N) is 2. The Hall–Kier alpha value is -2.84. The fourth-order valence-electron chi connectivity index (χ4n) is 3.97. The van der Waals surface area contributed by atoms with E-state index in [1.165, 1.54) is 6.20 Å². The number of para-hydroxylation sites is 1. The molecule has 3 rings (SSSR count). The summed E-state index contributed by atoms with van der Waals surface area (Å²) in [5.41, 5.74) is 1.07. The zero-order chi connectivity index (χ0) is 24.3. The van der Waals surface area contributed by atoms with E-state index >= 15 is 0 Å². The number of hydrogen-bond acceptors (Lipinski definition) is 4. The highest BCUT2D eigenvalue weighted by molar-refractivity contribution is 7.92. The van der Waals surface area contributed by atoms with E-state index < -0.39 is 21.5 Å². The largest absolute Gasteiger partial charge is 0.337 e. The van der Waals surface area contributed by atoms with Crippen molar-refractivity contribution in [3.8, 4) is 0 Å². The summed E-state index contributed by atoms with van der Waals surface area (Å²) in [6.45, 7) is 7.78. The number of anilines is 1. The molecule has 0 radical (unpaired) electrons. The Labute approximate surface area is 199 Å². The van der Waals surface area contributed by atoms with Gasteiger partial charge in [0.15, 0.2) is 9.84 Å². The Bertz CT molecular complexity index is 1260. The van der Waals surface area contributed by atoms with E-state index in [9.17, 15) is 18.0 Å². The zero-order valence-corrected chi connectivity index (χ0v) is 20.7. The first-order valence-electron chi connectivity index (χ1n) is 10.7. The molecular weight excluding hydrogens is 462 g/mol. The van der Waals surface area contributed by atoms with Gasteiger partial charge in [-0.2, -0.15) is 0 Å². The molecule has 0 fully saturated rings. The lowest BCUT2D eigenvalue weighted by atomic mass is 10.2. The van der Waals surface area contributed by atoms with Gasteiger partial charge in [0, 0.05) is 39.9 Å². The van der Waals surface area contributed by atoms with Gasteiger partial charge in [-0.3, -0.25) is 9.59 Å². The molecule has 7 nitrogen and oxygen atoms in total. The van der Waals surface area contributed by atoms with Gasteiger partial charge in [-0.1, -0.05) is 29.8 Å². The molecule has 33 heavy (non-hydrogen) atoms. The Morgan fingerprint density at radius 2 is 1.61 bits per heavy atom. The van der Waals surface area contributed by atoms with Gasteiger partial charge in [0.25, 0.3) is 0 Å². The number of nitrogens with one attached hydrogen (secondary N) is 1. The Balaban J connectivity index is 1.89. The summed E-state index contributed by atoms with van der Waals surface area (Å²) in [4.78, 5) is 27.2. The molecule has 9 heteroatoms. The van der Waals surface area contributed by atoms with E-state index in [-0.39, 0.29) is 29.4 Å². The first-order valence-corrected chi connectivity index (χ1v) is 12.7. The van der Waals surface area contributed by atoms with E-state index in [4.69, 9.17) is 11.6 Å². The van der Waals surface area contributed by atoms with Gasteiger partial charge < -0.3 is 14.8 Å². The summed E-state index contributed by atoms with van der Waals surface area (Å²) in [5.74, 6) is -1.48. The number of sulfone groups is 1. The van der Waals surface area contributed by atoms with Crippen LogP contribution in [0.4, 0.5) is 5.69 Å². The number of hydrogen-bond donors (Lipinski definition) is 1. The average Bonchev–Trinajstić information content (AvgIpc) is 3.08. The van der Waals surface area contributed by atoms with E-state index in [1.54, 1.807) is 58.0 Å². The first kappa shape index (κ1) is 24.8. The molecule has 1 N–H and O–H groups in total. The average molecular weight is 490 g/mol. The molecule has 1 heterocycles. The highest BCUT2D eigenvalue weighted by Gasteiger charge is 2.26.